The van der Waals surface area contributed by atoms with Gasteiger partial charge in [-0.1, -0.05) is 32.9 Å². The minimum atomic E-state index is -1.51. The Bertz CT molecular complexity index is 359. The third-order valence-electron chi connectivity index (χ3n) is 2.60. The lowest BCUT2D eigenvalue weighted by Crippen LogP contribution is -2.29. The minimum absolute atomic E-state index is 0.0587. The van der Waals surface area contributed by atoms with E-state index >= 15 is 0 Å². The van der Waals surface area contributed by atoms with Crippen molar-refractivity contribution in [2.24, 2.45) is 11.1 Å². The van der Waals surface area contributed by atoms with Crippen molar-refractivity contribution >= 4 is 8.32 Å². The molecule has 0 aromatic heterocycles. The van der Waals surface area contributed by atoms with Crippen molar-refractivity contribution in [3.8, 4) is 5.75 Å². The highest BCUT2D eigenvalue weighted by Gasteiger charge is 2.22. The van der Waals surface area contributed by atoms with Crippen molar-refractivity contribution in [2.45, 2.75) is 46.5 Å². The van der Waals surface area contributed by atoms with Crippen LogP contribution in [-0.4, -0.2) is 8.32 Å². The highest BCUT2D eigenvalue weighted by atomic mass is 28.4. The summed E-state index contributed by atoms with van der Waals surface area (Å²) >= 11 is 0. The Kier molecular flexibility index (Phi) is 4.05. The van der Waals surface area contributed by atoms with Crippen LogP contribution < -0.4 is 10.2 Å². The molecule has 3 heteroatoms. The summed E-state index contributed by atoms with van der Waals surface area (Å²) in [5.74, 6) is 0.953. The first-order chi connectivity index (χ1) is 7.59. The van der Waals surface area contributed by atoms with Crippen molar-refractivity contribution in [3.63, 3.8) is 0 Å². The molecule has 1 aromatic rings. The van der Waals surface area contributed by atoms with Gasteiger partial charge in [-0.3, -0.25) is 0 Å². The van der Waals surface area contributed by atoms with Gasteiger partial charge >= 0.3 is 0 Å². The van der Waals surface area contributed by atoms with E-state index in [9.17, 15) is 0 Å². The topological polar surface area (TPSA) is 35.2 Å². The molecule has 0 fully saturated rings. The highest BCUT2D eigenvalue weighted by Crippen LogP contribution is 2.31. The van der Waals surface area contributed by atoms with E-state index in [1.165, 1.54) is 5.56 Å². The Morgan fingerprint density at radius 1 is 1.06 bits per heavy atom. The van der Waals surface area contributed by atoms with Crippen molar-refractivity contribution in [1.29, 1.82) is 0 Å². The third-order valence-corrected chi connectivity index (χ3v) is 3.44. The first-order valence-electron chi connectivity index (χ1n) is 6.14. The van der Waals surface area contributed by atoms with Gasteiger partial charge in [-0.2, -0.15) is 0 Å². The van der Waals surface area contributed by atoms with E-state index in [0.29, 0.717) is 0 Å². The van der Waals surface area contributed by atoms with E-state index in [1.807, 2.05) is 12.1 Å². The van der Waals surface area contributed by atoms with E-state index in [-0.39, 0.29) is 11.5 Å². The zero-order valence-corrected chi connectivity index (χ0v) is 12.9. The van der Waals surface area contributed by atoms with Crippen LogP contribution in [0.4, 0.5) is 0 Å². The lowest BCUT2D eigenvalue weighted by Gasteiger charge is -2.27. The molecule has 96 valence electrons. The fourth-order valence-corrected chi connectivity index (χ4v) is 2.44. The summed E-state index contributed by atoms with van der Waals surface area (Å²) in [5, 5.41) is 0. The van der Waals surface area contributed by atoms with Crippen LogP contribution in [0.25, 0.3) is 0 Å². The second kappa shape index (κ2) is 4.82. The molecule has 0 heterocycles. The van der Waals surface area contributed by atoms with Crippen LogP contribution in [0.15, 0.2) is 24.3 Å². The molecule has 2 N–H and O–H groups in total. The van der Waals surface area contributed by atoms with E-state index in [2.05, 4.69) is 52.5 Å². The van der Waals surface area contributed by atoms with Gasteiger partial charge in [0.2, 0.25) is 8.32 Å². The molecule has 0 saturated carbocycles. The standard InChI is InChI=1S/C14H25NOSi/c1-14(2,3)13(15)11-7-9-12(10-8-11)16-17(4,5)6/h7-10,13H,15H2,1-6H3/t13-/m0/s1. The average Bonchev–Trinajstić information content (AvgIpc) is 2.14. The summed E-state index contributed by atoms with van der Waals surface area (Å²) in [6.07, 6.45) is 0. The molecule has 0 bridgehead atoms. The molecule has 0 amide bonds. The van der Waals surface area contributed by atoms with Crippen LogP contribution in [0, 0.1) is 5.41 Å². The Balaban J connectivity index is 2.82. The van der Waals surface area contributed by atoms with E-state index in [4.69, 9.17) is 10.2 Å². The Hall–Kier alpha value is -0.803. The molecule has 1 rings (SSSR count). The van der Waals surface area contributed by atoms with Crippen LogP contribution >= 0.6 is 0 Å². The van der Waals surface area contributed by atoms with Gasteiger partial charge in [0.05, 0.1) is 0 Å². The van der Waals surface area contributed by atoms with Gasteiger partial charge in [0, 0.05) is 6.04 Å². The SMILES string of the molecule is CC(C)(C)[C@@H](N)c1ccc(O[Si](C)(C)C)cc1. The molecule has 0 unspecified atom stereocenters. The summed E-state index contributed by atoms with van der Waals surface area (Å²) in [4.78, 5) is 0. The lowest BCUT2D eigenvalue weighted by atomic mass is 9.83. The molecule has 17 heavy (non-hydrogen) atoms. The van der Waals surface area contributed by atoms with Crippen molar-refractivity contribution in [2.75, 3.05) is 0 Å². The highest BCUT2D eigenvalue weighted by molar-refractivity contribution is 6.70. The van der Waals surface area contributed by atoms with Crippen LogP contribution in [0.1, 0.15) is 32.4 Å². The maximum Gasteiger partial charge on any atom is 0.242 e. The van der Waals surface area contributed by atoms with Crippen molar-refractivity contribution < 1.29 is 4.43 Å². The van der Waals surface area contributed by atoms with Gasteiger partial charge in [0.15, 0.2) is 0 Å². The van der Waals surface area contributed by atoms with Crippen molar-refractivity contribution in [3.05, 3.63) is 29.8 Å². The average molecular weight is 251 g/mol. The number of hydrogen-bond donors (Lipinski definition) is 1. The zero-order valence-electron chi connectivity index (χ0n) is 11.9. The molecule has 0 spiro atoms. The maximum atomic E-state index is 6.22. The predicted molar refractivity (Wildman–Crippen MR) is 76.8 cm³/mol. The van der Waals surface area contributed by atoms with Gasteiger partial charge in [-0.15, -0.1) is 0 Å². The Morgan fingerprint density at radius 2 is 1.53 bits per heavy atom. The lowest BCUT2D eigenvalue weighted by molar-refractivity contribution is 0.327. The Labute approximate surface area is 106 Å². The molecular formula is C14H25NOSi. The van der Waals surface area contributed by atoms with Crippen LogP contribution in [0.5, 0.6) is 5.75 Å². The molecule has 2 nitrogen and oxygen atoms in total. The number of benzene rings is 1. The van der Waals surface area contributed by atoms with Crippen LogP contribution in [0.3, 0.4) is 0 Å². The second-order valence-corrected chi connectivity index (χ2v) is 11.1. The minimum Gasteiger partial charge on any atom is -0.544 e. The number of hydrogen-bond acceptors (Lipinski definition) is 2. The third kappa shape index (κ3) is 4.52. The second-order valence-electron chi connectivity index (χ2n) is 6.63. The van der Waals surface area contributed by atoms with E-state index in [1.54, 1.807) is 0 Å². The van der Waals surface area contributed by atoms with Crippen LogP contribution in [0.2, 0.25) is 19.6 Å². The smallest absolute Gasteiger partial charge is 0.242 e. The normalized spacial score (nSPS) is 14.5. The van der Waals surface area contributed by atoms with Gasteiger partial charge in [-0.05, 0) is 42.8 Å². The number of nitrogens with two attached hydrogens (primary N) is 1. The molecular weight excluding hydrogens is 226 g/mol. The predicted octanol–water partition coefficient (Wildman–Crippen LogP) is 3.95. The molecule has 1 atom stereocenters. The summed E-state index contributed by atoms with van der Waals surface area (Å²) < 4.78 is 5.92. The summed E-state index contributed by atoms with van der Waals surface area (Å²) in [5.41, 5.74) is 7.47. The monoisotopic (exact) mass is 251 g/mol. The van der Waals surface area contributed by atoms with Gasteiger partial charge < -0.3 is 10.2 Å². The van der Waals surface area contributed by atoms with Gasteiger partial charge in [0.1, 0.15) is 5.75 Å². The quantitative estimate of drug-likeness (QED) is 0.826. The zero-order chi connectivity index (χ0) is 13.3. The summed E-state index contributed by atoms with van der Waals surface area (Å²) in [7, 11) is -1.51. The summed E-state index contributed by atoms with van der Waals surface area (Å²) in [6, 6.07) is 8.26. The fourth-order valence-electron chi connectivity index (χ4n) is 1.60. The van der Waals surface area contributed by atoms with E-state index < -0.39 is 8.32 Å². The number of rotatable bonds is 3. The molecule has 0 saturated heterocycles. The van der Waals surface area contributed by atoms with Gasteiger partial charge in [-0.25, -0.2) is 0 Å². The maximum absolute atomic E-state index is 6.22. The summed E-state index contributed by atoms with van der Waals surface area (Å²) in [6.45, 7) is 13.0. The molecule has 1 aromatic carbocycles. The van der Waals surface area contributed by atoms with Crippen LogP contribution in [-0.2, 0) is 0 Å². The Morgan fingerprint density at radius 3 is 1.88 bits per heavy atom. The first kappa shape index (κ1) is 14.3. The molecule has 0 radical (unpaired) electrons. The molecule has 0 aliphatic heterocycles. The first-order valence-corrected chi connectivity index (χ1v) is 9.55. The largest absolute Gasteiger partial charge is 0.544 e. The fraction of sp³-hybridized carbons (Fsp3) is 0.571. The van der Waals surface area contributed by atoms with E-state index in [0.717, 1.165) is 5.75 Å². The molecule has 0 aliphatic carbocycles. The van der Waals surface area contributed by atoms with Gasteiger partial charge in [0.25, 0.3) is 0 Å². The molecule has 0 aliphatic rings. The van der Waals surface area contributed by atoms with Crippen molar-refractivity contribution in [1.82, 2.24) is 0 Å².